The van der Waals surface area contributed by atoms with Gasteiger partial charge in [-0.25, -0.2) is 0 Å². The maximum absolute atomic E-state index is 2.52. The third kappa shape index (κ3) is 12.2. The number of rotatable bonds is 11. The van der Waals surface area contributed by atoms with Crippen LogP contribution in [-0.4, -0.2) is 63.6 Å². The molecule has 0 heterocycles. The van der Waals surface area contributed by atoms with E-state index in [1.54, 1.807) is 12.3 Å². The summed E-state index contributed by atoms with van der Waals surface area (Å²) in [6, 6.07) is 0. The predicted octanol–water partition coefficient (Wildman–Crippen LogP) is 4.61. The molecule has 0 aliphatic heterocycles. The molecule has 0 aromatic carbocycles. The molecule has 4 unspecified atom stereocenters. The molecule has 0 aliphatic carbocycles. The summed E-state index contributed by atoms with van der Waals surface area (Å²) < 4.78 is 0. The molecule has 0 rings (SSSR count). The van der Waals surface area contributed by atoms with E-state index < -0.39 is 0 Å². The fourth-order valence-corrected chi connectivity index (χ4v) is 7.85. The highest BCUT2D eigenvalue weighted by molar-refractivity contribution is 7.61. The minimum Gasteiger partial charge on any atom is -0.125 e. The standard InChI is InChI=1S/C12H30P4/c1-13-7-5-9-15(3)11-12-16(4)10-6-8-14-2/h13-14H,5-12H2,1-4H3. The molecule has 0 radical (unpaired) electrons. The second kappa shape index (κ2) is 13.2. The topological polar surface area (TPSA) is 0 Å². The largest absolute Gasteiger partial charge is 0.125 e. The van der Waals surface area contributed by atoms with Gasteiger partial charge in [-0.2, -0.15) is 0 Å². The Morgan fingerprint density at radius 2 is 1.06 bits per heavy atom. The second-order valence-corrected chi connectivity index (χ2v) is 12.1. The van der Waals surface area contributed by atoms with Crippen LogP contribution in [0.4, 0.5) is 0 Å². The molecule has 0 amide bonds. The summed E-state index contributed by atoms with van der Waals surface area (Å²) in [7, 11) is 3.10. The summed E-state index contributed by atoms with van der Waals surface area (Å²) in [5, 5.41) is 0. The first kappa shape index (κ1) is 17.7. The third-order valence-corrected chi connectivity index (χ3v) is 8.99. The van der Waals surface area contributed by atoms with Crippen LogP contribution in [0.15, 0.2) is 0 Å². The lowest BCUT2D eigenvalue weighted by Gasteiger charge is -2.16. The third-order valence-electron chi connectivity index (χ3n) is 2.80. The van der Waals surface area contributed by atoms with E-state index in [0.29, 0.717) is 15.8 Å². The van der Waals surface area contributed by atoms with Crippen molar-refractivity contribution in [1.29, 1.82) is 0 Å². The molecular formula is C12H30P4. The van der Waals surface area contributed by atoms with Crippen LogP contribution in [0.2, 0.25) is 0 Å². The average molecular weight is 298 g/mol. The smallest absolute Gasteiger partial charge is 0.0289 e. The van der Waals surface area contributed by atoms with Crippen molar-refractivity contribution in [1.82, 2.24) is 0 Å². The lowest BCUT2D eigenvalue weighted by Crippen LogP contribution is -1.97. The van der Waals surface area contributed by atoms with Crippen molar-refractivity contribution in [2.45, 2.75) is 12.8 Å². The molecule has 0 bridgehead atoms. The van der Waals surface area contributed by atoms with Crippen molar-refractivity contribution < 1.29 is 0 Å². The van der Waals surface area contributed by atoms with E-state index in [-0.39, 0.29) is 0 Å². The molecule has 0 fully saturated rings. The molecule has 16 heavy (non-hydrogen) atoms. The Labute approximate surface area is 110 Å². The van der Waals surface area contributed by atoms with Crippen molar-refractivity contribution in [3.63, 3.8) is 0 Å². The highest BCUT2D eigenvalue weighted by Crippen LogP contribution is 2.39. The van der Waals surface area contributed by atoms with Crippen molar-refractivity contribution in [2.75, 3.05) is 63.6 Å². The minimum atomic E-state index is 0.379. The van der Waals surface area contributed by atoms with Gasteiger partial charge >= 0.3 is 0 Å². The molecular weight excluding hydrogens is 268 g/mol. The van der Waals surface area contributed by atoms with Crippen molar-refractivity contribution in [3.8, 4) is 0 Å². The van der Waals surface area contributed by atoms with Crippen LogP contribution < -0.4 is 0 Å². The van der Waals surface area contributed by atoms with Crippen LogP contribution in [0.5, 0.6) is 0 Å². The summed E-state index contributed by atoms with van der Waals surface area (Å²) in [6.45, 7) is 9.70. The zero-order chi connectivity index (χ0) is 12.2. The lowest BCUT2D eigenvalue weighted by molar-refractivity contribution is 1.10. The molecule has 0 aromatic heterocycles. The zero-order valence-electron chi connectivity index (χ0n) is 11.6. The Bertz CT molecular complexity index is 125. The van der Waals surface area contributed by atoms with E-state index in [1.165, 1.54) is 54.7 Å². The SMILES string of the molecule is CPCCCP(C)CCP(C)CCCPC. The van der Waals surface area contributed by atoms with E-state index >= 15 is 0 Å². The van der Waals surface area contributed by atoms with Gasteiger partial charge in [0, 0.05) is 0 Å². The molecule has 0 N–H and O–H groups in total. The Hall–Kier alpha value is 1.72. The highest BCUT2D eigenvalue weighted by Gasteiger charge is 2.05. The summed E-state index contributed by atoms with van der Waals surface area (Å²) in [6.07, 6.45) is 12.1. The predicted molar refractivity (Wildman–Crippen MR) is 92.6 cm³/mol. The maximum atomic E-state index is 2.52. The molecule has 0 spiro atoms. The normalized spacial score (nSPS) is 16.5. The Morgan fingerprint density at radius 1 is 0.688 bits per heavy atom. The quantitative estimate of drug-likeness (QED) is 0.386. The Balaban J connectivity index is 3.32. The van der Waals surface area contributed by atoms with Crippen LogP contribution in [0, 0.1) is 0 Å². The Kier molecular flexibility index (Phi) is 14.6. The average Bonchev–Trinajstić information content (AvgIpc) is 2.27. The van der Waals surface area contributed by atoms with Crippen LogP contribution in [-0.2, 0) is 0 Å². The first-order valence-electron chi connectivity index (χ1n) is 6.37. The summed E-state index contributed by atoms with van der Waals surface area (Å²) in [4.78, 5) is 0. The molecule has 0 nitrogen and oxygen atoms in total. The zero-order valence-corrected chi connectivity index (χ0v) is 15.3. The van der Waals surface area contributed by atoms with Crippen LogP contribution >= 0.6 is 33.0 Å². The van der Waals surface area contributed by atoms with Gasteiger partial charge in [-0.05, 0) is 76.5 Å². The van der Waals surface area contributed by atoms with Crippen LogP contribution in [0.3, 0.4) is 0 Å². The highest BCUT2D eigenvalue weighted by atomic mass is 31.1. The van der Waals surface area contributed by atoms with Crippen molar-refractivity contribution >= 4 is 33.0 Å². The van der Waals surface area contributed by atoms with E-state index in [0.717, 1.165) is 0 Å². The van der Waals surface area contributed by atoms with Crippen molar-refractivity contribution in [3.05, 3.63) is 0 Å². The van der Waals surface area contributed by atoms with Gasteiger partial charge in [-0.15, -0.1) is 33.0 Å². The fourth-order valence-electron chi connectivity index (χ4n) is 1.62. The lowest BCUT2D eigenvalue weighted by atomic mass is 10.6. The van der Waals surface area contributed by atoms with Gasteiger partial charge in [0.05, 0.1) is 0 Å². The molecule has 0 saturated heterocycles. The van der Waals surface area contributed by atoms with Gasteiger partial charge in [-0.1, -0.05) is 0 Å². The van der Waals surface area contributed by atoms with Crippen molar-refractivity contribution in [2.24, 2.45) is 0 Å². The number of hydrogen-bond acceptors (Lipinski definition) is 0. The van der Waals surface area contributed by atoms with Gasteiger partial charge in [0.25, 0.3) is 0 Å². The summed E-state index contributed by atoms with van der Waals surface area (Å²) >= 11 is 0. The van der Waals surface area contributed by atoms with Gasteiger partial charge in [0.2, 0.25) is 0 Å². The molecule has 98 valence electrons. The minimum absolute atomic E-state index is 0.379. The summed E-state index contributed by atoms with van der Waals surface area (Å²) in [5.41, 5.74) is 0. The van der Waals surface area contributed by atoms with E-state index in [2.05, 4.69) is 26.7 Å². The monoisotopic (exact) mass is 298 g/mol. The van der Waals surface area contributed by atoms with Gasteiger partial charge in [0.15, 0.2) is 0 Å². The van der Waals surface area contributed by atoms with E-state index in [4.69, 9.17) is 0 Å². The second-order valence-electron chi connectivity index (χ2n) is 4.52. The molecule has 4 atom stereocenters. The van der Waals surface area contributed by atoms with Crippen LogP contribution in [0.25, 0.3) is 0 Å². The fraction of sp³-hybridized carbons (Fsp3) is 1.00. The van der Waals surface area contributed by atoms with Gasteiger partial charge in [-0.3, -0.25) is 0 Å². The molecule has 4 heteroatoms. The molecule has 0 aliphatic rings. The van der Waals surface area contributed by atoms with E-state index in [1.807, 2.05) is 0 Å². The first-order valence-corrected chi connectivity index (χ1v) is 14.1. The van der Waals surface area contributed by atoms with E-state index in [9.17, 15) is 0 Å². The maximum Gasteiger partial charge on any atom is -0.0289 e. The first-order chi connectivity index (χ1) is 7.70. The van der Waals surface area contributed by atoms with Crippen LogP contribution in [0.1, 0.15) is 12.8 Å². The summed E-state index contributed by atoms with van der Waals surface area (Å²) in [5.74, 6) is 0. The molecule has 0 saturated carbocycles. The Morgan fingerprint density at radius 3 is 1.38 bits per heavy atom. The van der Waals surface area contributed by atoms with Gasteiger partial charge < -0.3 is 0 Å². The van der Waals surface area contributed by atoms with Gasteiger partial charge in [0.1, 0.15) is 0 Å². The number of hydrogen-bond donors (Lipinski definition) is 0. The molecule has 0 aromatic rings.